The number of nitrogens with zero attached hydrogens (tertiary/aromatic N) is 4. The number of halogens is 3. The molecule has 1 aromatic carbocycles. The van der Waals surface area contributed by atoms with Crippen molar-refractivity contribution >= 4 is 27.7 Å². The maximum atomic E-state index is 13.5. The van der Waals surface area contributed by atoms with Gasteiger partial charge in [0.15, 0.2) is 0 Å². The number of H-pyrrole nitrogens is 1. The molecule has 5 rings (SSSR count). The number of benzene rings is 1. The third-order valence-corrected chi connectivity index (χ3v) is 7.54. The van der Waals surface area contributed by atoms with E-state index in [1.807, 2.05) is 30.7 Å². The van der Waals surface area contributed by atoms with Gasteiger partial charge in [0.1, 0.15) is 0 Å². The molecule has 7 nitrogen and oxygen atoms in total. The van der Waals surface area contributed by atoms with Gasteiger partial charge in [0.25, 0.3) is 11.5 Å². The van der Waals surface area contributed by atoms with Gasteiger partial charge < -0.3 is 9.88 Å². The number of amides is 1. The van der Waals surface area contributed by atoms with Crippen LogP contribution in [0.5, 0.6) is 0 Å². The monoisotopic (exact) mass is 489 g/mol. The van der Waals surface area contributed by atoms with Gasteiger partial charge in [0, 0.05) is 43.2 Å². The van der Waals surface area contributed by atoms with Crippen molar-refractivity contribution < 1.29 is 18.0 Å². The predicted octanol–water partition coefficient (Wildman–Crippen LogP) is 4.40. The number of piperazine rings is 1. The number of pyridine rings is 1. The summed E-state index contributed by atoms with van der Waals surface area (Å²) in [5.74, 6) is -0.141. The Balaban J connectivity index is 1.47. The van der Waals surface area contributed by atoms with Crippen LogP contribution >= 0.6 is 0 Å². The number of aryl methyl sites for hydroxylation is 1. The van der Waals surface area contributed by atoms with Crippen molar-refractivity contribution in [3.05, 3.63) is 39.8 Å². The molecule has 3 aromatic rings. The van der Waals surface area contributed by atoms with E-state index in [0.717, 1.165) is 42.1 Å². The molecule has 1 N–H and O–H groups in total. The van der Waals surface area contributed by atoms with E-state index in [1.165, 1.54) is 0 Å². The third-order valence-electron chi connectivity index (χ3n) is 7.54. The Labute approximate surface area is 200 Å². The van der Waals surface area contributed by atoms with Crippen molar-refractivity contribution in [1.29, 1.82) is 0 Å². The standard InChI is InChI=1S/C25H30F3N5O2/c1-15-11-21-19(22-20(23(34)30-21)13-29-33(22)17-5-3-4-6-17)12-18(15)24(35)32-10-9-31(16(2)14-32)8-7-25(26,27)28/h11-13,16-17H,3-10,14H2,1-2H3,(H,30,34)/t16-/m0/s1. The molecule has 10 heteroatoms. The van der Waals surface area contributed by atoms with Crippen LogP contribution in [0, 0.1) is 6.92 Å². The molecule has 2 aliphatic rings. The summed E-state index contributed by atoms with van der Waals surface area (Å²) in [6.45, 7) is 4.79. The third kappa shape index (κ3) is 4.55. The van der Waals surface area contributed by atoms with Crippen molar-refractivity contribution in [2.75, 3.05) is 26.2 Å². The van der Waals surface area contributed by atoms with Crippen LogP contribution in [0.3, 0.4) is 0 Å². The summed E-state index contributed by atoms with van der Waals surface area (Å²) < 4.78 is 39.9. The number of hydrogen-bond acceptors (Lipinski definition) is 4. The van der Waals surface area contributed by atoms with E-state index in [-0.39, 0.29) is 30.1 Å². The quantitative estimate of drug-likeness (QED) is 0.590. The van der Waals surface area contributed by atoms with Gasteiger partial charge in [0.2, 0.25) is 0 Å². The lowest BCUT2D eigenvalue weighted by Crippen LogP contribution is -2.54. The molecule has 0 unspecified atom stereocenters. The van der Waals surface area contributed by atoms with Crippen LogP contribution in [0.25, 0.3) is 21.8 Å². The summed E-state index contributed by atoms with van der Waals surface area (Å²) in [4.78, 5) is 32.7. The van der Waals surface area contributed by atoms with Gasteiger partial charge >= 0.3 is 6.18 Å². The molecule has 1 atom stereocenters. The summed E-state index contributed by atoms with van der Waals surface area (Å²) in [5.41, 5.74) is 2.52. The van der Waals surface area contributed by atoms with Crippen molar-refractivity contribution in [1.82, 2.24) is 24.6 Å². The molecule has 188 valence electrons. The largest absolute Gasteiger partial charge is 0.390 e. The maximum absolute atomic E-state index is 13.5. The summed E-state index contributed by atoms with van der Waals surface area (Å²) in [7, 11) is 0. The highest BCUT2D eigenvalue weighted by atomic mass is 19.4. The van der Waals surface area contributed by atoms with Crippen LogP contribution in [0.4, 0.5) is 13.2 Å². The second-order valence-corrected chi connectivity index (χ2v) is 9.96. The molecule has 1 saturated carbocycles. The summed E-state index contributed by atoms with van der Waals surface area (Å²) in [6, 6.07) is 3.75. The van der Waals surface area contributed by atoms with Gasteiger partial charge in [-0.1, -0.05) is 12.8 Å². The average molecular weight is 490 g/mol. The van der Waals surface area contributed by atoms with E-state index < -0.39 is 12.6 Å². The number of aromatic nitrogens is 3. The Morgan fingerprint density at radius 1 is 1.17 bits per heavy atom. The average Bonchev–Trinajstić information content (AvgIpc) is 3.47. The van der Waals surface area contributed by atoms with Crippen molar-refractivity contribution in [3.8, 4) is 0 Å². The lowest BCUT2D eigenvalue weighted by molar-refractivity contribution is -0.140. The zero-order valence-electron chi connectivity index (χ0n) is 20.0. The van der Waals surface area contributed by atoms with Crippen molar-refractivity contribution in [2.24, 2.45) is 0 Å². The topological polar surface area (TPSA) is 74.2 Å². The first-order valence-electron chi connectivity index (χ1n) is 12.3. The zero-order valence-corrected chi connectivity index (χ0v) is 20.0. The number of hydrogen-bond donors (Lipinski definition) is 1. The van der Waals surface area contributed by atoms with Gasteiger partial charge in [-0.15, -0.1) is 0 Å². The normalized spacial score (nSPS) is 20.4. The Bertz CT molecular complexity index is 1320. The Hall–Kier alpha value is -2.88. The van der Waals surface area contributed by atoms with E-state index in [9.17, 15) is 22.8 Å². The number of rotatable bonds is 4. The zero-order chi connectivity index (χ0) is 24.9. The highest BCUT2D eigenvalue weighted by molar-refractivity contribution is 6.07. The second-order valence-electron chi connectivity index (χ2n) is 9.96. The minimum Gasteiger partial charge on any atom is -0.336 e. The first-order valence-corrected chi connectivity index (χ1v) is 12.3. The summed E-state index contributed by atoms with van der Waals surface area (Å²) >= 11 is 0. The van der Waals surface area contributed by atoms with Crippen LogP contribution in [0.15, 0.2) is 23.1 Å². The smallest absolute Gasteiger partial charge is 0.336 e. The lowest BCUT2D eigenvalue weighted by atomic mass is 10.0. The highest BCUT2D eigenvalue weighted by Gasteiger charge is 2.33. The van der Waals surface area contributed by atoms with E-state index >= 15 is 0 Å². The fourth-order valence-electron chi connectivity index (χ4n) is 5.60. The molecule has 2 fully saturated rings. The van der Waals surface area contributed by atoms with Gasteiger partial charge in [-0.2, -0.15) is 18.3 Å². The predicted molar refractivity (Wildman–Crippen MR) is 128 cm³/mol. The molecular weight excluding hydrogens is 459 g/mol. The number of aromatic amines is 1. The first kappa shape index (κ1) is 23.8. The lowest BCUT2D eigenvalue weighted by Gasteiger charge is -2.40. The minimum absolute atomic E-state index is 0.0573. The van der Waals surface area contributed by atoms with E-state index in [2.05, 4.69) is 10.1 Å². The summed E-state index contributed by atoms with van der Waals surface area (Å²) in [6.07, 6.45) is 0.851. The molecule has 1 aliphatic heterocycles. The Morgan fingerprint density at radius 2 is 1.91 bits per heavy atom. The SMILES string of the molecule is Cc1cc2[nH]c(=O)c3cnn(C4CCCC4)c3c2cc1C(=O)N1CCN(CCC(F)(F)F)[C@@H](C)C1. The van der Waals surface area contributed by atoms with Crippen LogP contribution < -0.4 is 5.56 Å². The highest BCUT2D eigenvalue weighted by Crippen LogP contribution is 2.34. The van der Waals surface area contributed by atoms with Crippen LogP contribution in [-0.2, 0) is 0 Å². The van der Waals surface area contributed by atoms with Gasteiger partial charge in [-0.05, 0) is 44.4 Å². The van der Waals surface area contributed by atoms with Crippen molar-refractivity contribution in [3.63, 3.8) is 0 Å². The van der Waals surface area contributed by atoms with Gasteiger partial charge in [0.05, 0.1) is 35.1 Å². The van der Waals surface area contributed by atoms with Gasteiger partial charge in [-0.3, -0.25) is 19.2 Å². The number of alkyl halides is 3. The van der Waals surface area contributed by atoms with Crippen LogP contribution in [0.2, 0.25) is 0 Å². The molecule has 0 bridgehead atoms. The van der Waals surface area contributed by atoms with Crippen LogP contribution in [-0.4, -0.2) is 68.9 Å². The molecule has 1 saturated heterocycles. The first-order chi connectivity index (χ1) is 16.6. The minimum atomic E-state index is -4.19. The Morgan fingerprint density at radius 3 is 2.60 bits per heavy atom. The molecule has 2 aromatic heterocycles. The molecule has 3 heterocycles. The molecule has 0 radical (unpaired) electrons. The summed E-state index contributed by atoms with van der Waals surface area (Å²) in [5, 5.41) is 5.84. The number of carbonyl (C=O) groups excluding carboxylic acids is 1. The number of nitrogens with one attached hydrogen (secondary N) is 1. The Kier molecular flexibility index (Phi) is 6.11. The molecule has 1 aliphatic carbocycles. The van der Waals surface area contributed by atoms with E-state index in [0.29, 0.717) is 36.1 Å². The second kappa shape index (κ2) is 8.96. The number of carbonyl (C=O) groups is 1. The van der Waals surface area contributed by atoms with Crippen molar-refractivity contribution in [2.45, 2.75) is 64.2 Å². The molecule has 35 heavy (non-hydrogen) atoms. The molecule has 0 spiro atoms. The fraction of sp³-hybridized carbons (Fsp3) is 0.560. The van der Waals surface area contributed by atoms with E-state index in [1.54, 1.807) is 16.0 Å². The fourth-order valence-corrected chi connectivity index (χ4v) is 5.60. The van der Waals surface area contributed by atoms with Gasteiger partial charge in [-0.25, -0.2) is 0 Å². The van der Waals surface area contributed by atoms with Crippen LogP contribution in [0.1, 0.15) is 61.0 Å². The number of fused-ring (bicyclic) bond motifs is 3. The molecular formula is C25H30F3N5O2. The maximum Gasteiger partial charge on any atom is 0.390 e. The molecule has 1 amide bonds. The van der Waals surface area contributed by atoms with E-state index in [4.69, 9.17) is 0 Å².